The molecule has 0 radical (unpaired) electrons. The molecule has 2 rings (SSSR count). The van der Waals surface area contributed by atoms with Crippen molar-refractivity contribution in [3.63, 3.8) is 0 Å². The van der Waals surface area contributed by atoms with E-state index in [2.05, 4.69) is 0 Å². The molecule has 102 valence electrons. The van der Waals surface area contributed by atoms with Crippen LogP contribution in [0.3, 0.4) is 0 Å². The molecule has 0 aliphatic heterocycles. The van der Waals surface area contributed by atoms with Gasteiger partial charge in [0.05, 0.1) is 12.8 Å². The van der Waals surface area contributed by atoms with E-state index >= 15 is 0 Å². The lowest BCUT2D eigenvalue weighted by atomic mass is 9.95. The van der Waals surface area contributed by atoms with Crippen LogP contribution in [0.25, 0.3) is 5.57 Å². The molecule has 1 aromatic carbocycles. The number of benzene rings is 1. The zero-order chi connectivity index (χ0) is 14.4. The fraction of sp³-hybridized carbons (Fsp3) is 0.118. The molecule has 0 unspecified atom stereocenters. The van der Waals surface area contributed by atoms with Gasteiger partial charge in [-0.15, -0.1) is 0 Å². The number of nitrogens with two attached hydrogens (primary N) is 1. The largest absolute Gasteiger partial charge is 0.497 e. The summed E-state index contributed by atoms with van der Waals surface area (Å²) in [6.45, 7) is 0. The van der Waals surface area contributed by atoms with Crippen molar-refractivity contribution in [3.8, 4) is 0 Å². The molecule has 0 atom stereocenters. The summed E-state index contributed by atoms with van der Waals surface area (Å²) in [5, 5.41) is 0. The Hall–Kier alpha value is -2.55. The number of carbonyl (C=O) groups is 1. The number of ether oxygens (including phenoxy) is 1. The lowest BCUT2D eigenvalue weighted by molar-refractivity contribution is -0.104. The van der Waals surface area contributed by atoms with E-state index in [9.17, 15) is 4.79 Å². The molecule has 1 aliphatic rings. The Labute approximate surface area is 118 Å². The van der Waals surface area contributed by atoms with E-state index in [1.54, 1.807) is 7.11 Å². The van der Waals surface area contributed by atoms with Crippen molar-refractivity contribution in [1.29, 1.82) is 0 Å². The Morgan fingerprint density at radius 1 is 1.20 bits per heavy atom. The first-order valence-electron chi connectivity index (χ1n) is 6.39. The maximum atomic E-state index is 11.1. The van der Waals surface area contributed by atoms with Crippen LogP contribution in [0.1, 0.15) is 12.0 Å². The van der Waals surface area contributed by atoms with Crippen molar-refractivity contribution < 1.29 is 9.53 Å². The number of hydrogen-bond donors (Lipinski definition) is 1. The van der Waals surface area contributed by atoms with E-state index in [1.807, 2.05) is 54.6 Å². The van der Waals surface area contributed by atoms with Crippen molar-refractivity contribution in [2.75, 3.05) is 7.11 Å². The number of aldehydes is 1. The molecule has 0 spiro atoms. The molecule has 0 saturated carbocycles. The zero-order valence-electron chi connectivity index (χ0n) is 11.4. The third kappa shape index (κ3) is 3.06. The van der Waals surface area contributed by atoms with Gasteiger partial charge in [0.1, 0.15) is 5.76 Å². The maximum absolute atomic E-state index is 11.1. The first kappa shape index (κ1) is 13.9. The smallest absolute Gasteiger partial charge is 0.166 e. The van der Waals surface area contributed by atoms with Gasteiger partial charge in [-0.05, 0) is 29.7 Å². The first-order valence-corrected chi connectivity index (χ1v) is 6.39. The van der Waals surface area contributed by atoms with Gasteiger partial charge < -0.3 is 10.5 Å². The standard InChI is InChI=1S/C17H17NO2/c1-20-15-9-5-8-14(10-11-15)17(16(18)12-19)13-6-3-2-4-7-13/h2-4,6-12H,5,18H2,1H3/b17-16+. The van der Waals surface area contributed by atoms with Gasteiger partial charge in [-0.2, -0.15) is 0 Å². The summed E-state index contributed by atoms with van der Waals surface area (Å²) in [4.78, 5) is 11.1. The average molecular weight is 267 g/mol. The number of hydrogen-bond acceptors (Lipinski definition) is 3. The van der Waals surface area contributed by atoms with Crippen LogP contribution in [0, 0.1) is 0 Å². The third-order valence-electron chi connectivity index (χ3n) is 3.09. The third-order valence-corrected chi connectivity index (χ3v) is 3.09. The molecule has 1 aliphatic carbocycles. The highest BCUT2D eigenvalue weighted by Gasteiger charge is 2.11. The van der Waals surface area contributed by atoms with Crippen molar-refractivity contribution in [2.24, 2.45) is 5.73 Å². The van der Waals surface area contributed by atoms with Gasteiger partial charge in [0.25, 0.3) is 0 Å². The summed E-state index contributed by atoms with van der Waals surface area (Å²) >= 11 is 0. The first-order chi connectivity index (χ1) is 9.76. The van der Waals surface area contributed by atoms with Gasteiger partial charge in [-0.1, -0.05) is 42.5 Å². The fourth-order valence-electron chi connectivity index (χ4n) is 2.11. The van der Waals surface area contributed by atoms with Gasteiger partial charge in [0.2, 0.25) is 0 Å². The van der Waals surface area contributed by atoms with E-state index in [0.29, 0.717) is 6.29 Å². The quantitative estimate of drug-likeness (QED) is 0.674. The Balaban J connectivity index is 2.46. The number of methoxy groups -OCH3 is 1. The molecule has 0 amide bonds. The highest BCUT2D eigenvalue weighted by atomic mass is 16.5. The SMILES string of the molecule is COC1=CCC=C(/C(=C(/N)C=O)c2ccccc2)C=C1. The topological polar surface area (TPSA) is 52.3 Å². The van der Waals surface area contributed by atoms with Gasteiger partial charge in [-0.25, -0.2) is 0 Å². The van der Waals surface area contributed by atoms with Crippen LogP contribution in [0.5, 0.6) is 0 Å². The van der Waals surface area contributed by atoms with Crippen molar-refractivity contribution in [1.82, 2.24) is 0 Å². The van der Waals surface area contributed by atoms with E-state index in [0.717, 1.165) is 28.9 Å². The predicted octanol–water partition coefficient (Wildman–Crippen LogP) is 2.97. The molecule has 0 aromatic heterocycles. The summed E-state index contributed by atoms with van der Waals surface area (Å²) in [7, 11) is 1.63. The second-order valence-electron chi connectivity index (χ2n) is 4.35. The van der Waals surface area contributed by atoms with Crippen LogP contribution < -0.4 is 5.73 Å². The molecular formula is C17H17NO2. The van der Waals surface area contributed by atoms with Crippen LogP contribution in [0.2, 0.25) is 0 Å². The summed E-state index contributed by atoms with van der Waals surface area (Å²) in [5.41, 5.74) is 8.71. The van der Waals surface area contributed by atoms with Crippen LogP contribution in [0.4, 0.5) is 0 Å². The molecule has 0 saturated heterocycles. The van der Waals surface area contributed by atoms with Crippen LogP contribution in [0.15, 0.2) is 71.7 Å². The Kier molecular flexibility index (Phi) is 4.56. The van der Waals surface area contributed by atoms with Crippen molar-refractivity contribution in [3.05, 3.63) is 77.2 Å². The van der Waals surface area contributed by atoms with E-state index in [1.165, 1.54) is 0 Å². The molecule has 2 N–H and O–H groups in total. The molecule has 3 nitrogen and oxygen atoms in total. The Bertz CT molecular complexity index is 607. The van der Waals surface area contributed by atoms with Crippen molar-refractivity contribution in [2.45, 2.75) is 6.42 Å². The lowest BCUT2D eigenvalue weighted by Crippen LogP contribution is -2.05. The number of rotatable bonds is 4. The minimum absolute atomic E-state index is 0.230. The van der Waals surface area contributed by atoms with E-state index in [4.69, 9.17) is 10.5 Å². The summed E-state index contributed by atoms with van der Waals surface area (Å²) in [6.07, 6.45) is 9.21. The van der Waals surface area contributed by atoms with Gasteiger partial charge >= 0.3 is 0 Å². The predicted molar refractivity (Wildman–Crippen MR) is 80.5 cm³/mol. The fourth-order valence-corrected chi connectivity index (χ4v) is 2.11. The van der Waals surface area contributed by atoms with Gasteiger partial charge in [0, 0.05) is 5.57 Å². The normalized spacial score (nSPS) is 15.7. The Morgan fingerprint density at radius 2 is 1.95 bits per heavy atom. The zero-order valence-corrected chi connectivity index (χ0v) is 11.4. The maximum Gasteiger partial charge on any atom is 0.166 e. The minimum atomic E-state index is 0.230. The van der Waals surface area contributed by atoms with Crippen molar-refractivity contribution >= 4 is 11.9 Å². The molecule has 0 fully saturated rings. The molecule has 1 aromatic rings. The summed E-state index contributed by atoms with van der Waals surface area (Å²) in [5.74, 6) is 0.799. The highest BCUT2D eigenvalue weighted by molar-refractivity contribution is 5.95. The molecular weight excluding hydrogens is 250 g/mol. The average Bonchev–Trinajstić information content (AvgIpc) is 2.74. The van der Waals surface area contributed by atoms with Crippen LogP contribution in [-0.2, 0) is 9.53 Å². The monoisotopic (exact) mass is 267 g/mol. The molecule has 20 heavy (non-hydrogen) atoms. The number of carbonyl (C=O) groups excluding carboxylic acids is 1. The van der Waals surface area contributed by atoms with E-state index < -0.39 is 0 Å². The van der Waals surface area contributed by atoms with Crippen LogP contribution >= 0.6 is 0 Å². The molecule has 0 bridgehead atoms. The highest BCUT2D eigenvalue weighted by Crippen LogP contribution is 2.27. The summed E-state index contributed by atoms with van der Waals surface area (Å²) < 4.78 is 5.22. The second-order valence-corrected chi connectivity index (χ2v) is 4.35. The lowest BCUT2D eigenvalue weighted by Gasteiger charge is -2.10. The van der Waals surface area contributed by atoms with Gasteiger partial charge in [-0.3, -0.25) is 4.79 Å². The second kappa shape index (κ2) is 6.57. The van der Waals surface area contributed by atoms with Crippen LogP contribution in [-0.4, -0.2) is 13.4 Å². The van der Waals surface area contributed by atoms with Gasteiger partial charge in [0.15, 0.2) is 6.29 Å². The minimum Gasteiger partial charge on any atom is -0.497 e. The van der Waals surface area contributed by atoms with E-state index in [-0.39, 0.29) is 5.70 Å². The Morgan fingerprint density at radius 3 is 2.60 bits per heavy atom. The summed E-state index contributed by atoms with van der Waals surface area (Å²) in [6, 6.07) is 9.66. The molecule has 3 heteroatoms. The molecule has 0 heterocycles. The number of allylic oxidation sites excluding steroid dienone is 7.